The van der Waals surface area contributed by atoms with Crippen molar-refractivity contribution >= 4 is 23.4 Å². The lowest BCUT2D eigenvalue weighted by Crippen LogP contribution is -2.08. The number of nitrogens with one attached hydrogen (secondary N) is 1. The van der Waals surface area contributed by atoms with Gasteiger partial charge in [-0.05, 0) is 49.2 Å². The molecule has 2 aromatic rings. The largest absolute Gasteiger partial charge is 0.322 e. The van der Waals surface area contributed by atoms with Crippen LogP contribution in [0.5, 0.6) is 0 Å². The van der Waals surface area contributed by atoms with Crippen molar-refractivity contribution in [3.05, 3.63) is 75.3 Å². The van der Waals surface area contributed by atoms with Gasteiger partial charge in [-0.15, -0.1) is 0 Å². The van der Waals surface area contributed by atoms with Crippen molar-refractivity contribution in [3.8, 4) is 0 Å². The van der Waals surface area contributed by atoms with Crippen LogP contribution in [0.3, 0.4) is 0 Å². The molecular formula is C17H16N2O3. The Bertz CT molecular complexity index is 731. The van der Waals surface area contributed by atoms with Crippen molar-refractivity contribution in [1.82, 2.24) is 0 Å². The molecule has 0 heterocycles. The topological polar surface area (TPSA) is 72.2 Å². The lowest BCUT2D eigenvalue weighted by molar-refractivity contribution is -0.385. The molecule has 0 atom stereocenters. The number of hydrogen-bond acceptors (Lipinski definition) is 3. The highest BCUT2D eigenvalue weighted by atomic mass is 16.6. The number of carbonyl (C=O) groups is 1. The first-order chi connectivity index (χ1) is 10.5. The fourth-order valence-electron chi connectivity index (χ4n) is 2.19. The zero-order valence-corrected chi connectivity index (χ0v) is 12.4. The van der Waals surface area contributed by atoms with E-state index in [0.29, 0.717) is 11.3 Å². The molecule has 0 bridgehead atoms. The third-order valence-electron chi connectivity index (χ3n) is 3.04. The summed E-state index contributed by atoms with van der Waals surface area (Å²) in [4.78, 5) is 22.4. The van der Waals surface area contributed by atoms with Crippen molar-refractivity contribution in [2.45, 2.75) is 13.8 Å². The minimum Gasteiger partial charge on any atom is -0.322 e. The first-order valence-corrected chi connectivity index (χ1v) is 6.76. The van der Waals surface area contributed by atoms with Crippen molar-refractivity contribution in [3.63, 3.8) is 0 Å². The zero-order chi connectivity index (χ0) is 16.1. The van der Waals surface area contributed by atoms with Gasteiger partial charge in [-0.2, -0.15) is 0 Å². The highest BCUT2D eigenvalue weighted by Crippen LogP contribution is 2.19. The first-order valence-electron chi connectivity index (χ1n) is 6.76. The molecule has 1 amide bonds. The Kier molecular flexibility index (Phi) is 4.68. The molecule has 0 saturated heterocycles. The lowest BCUT2D eigenvalue weighted by atomic mass is 10.1. The predicted molar refractivity (Wildman–Crippen MR) is 86.7 cm³/mol. The minimum atomic E-state index is -0.471. The molecule has 0 saturated carbocycles. The molecule has 0 unspecified atom stereocenters. The second-order valence-electron chi connectivity index (χ2n) is 5.01. The maximum atomic E-state index is 11.9. The number of anilines is 1. The van der Waals surface area contributed by atoms with Gasteiger partial charge in [0.15, 0.2) is 0 Å². The van der Waals surface area contributed by atoms with Crippen LogP contribution in [0.15, 0.2) is 48.5 Å². The number of aryl methyl sites for hydroxylation is 2. The van der Waals surface area contributed by atoms with Gasteiger partial charge in [-0.3, -0.25) is 14.9 Å². The van der Waals surface area contributed by atoms with Gasteiger partial charge < -0.3 is 5.32 Å². The number of benzene rings is 2. The van der Waals surface area contributed by atoms with Crippen LogP contribution in [0.4, 0.5) is 11.4 Å². The van der Waals surface area contributed by atoms with E-state index in [1.807, 2.05) is 32.0 Å². The Morgan fingerprint density at radius 1 is 1.14 bits per heavy atom. The Hall–Kier alpha value is -2.95. The van der Waals surface area contributed by atoms with Crippen LogP contribution in [0.1, 0.15) is 16.7 Å². The number of nitro groups is 1. The van der Waals surface area contributed by atoms with E-state index in [1.165, 1.54) is 18.2 Å². The van der Waals surface area contributed by atoms with Crippen molar-refractivity contribution in [2.24, 2.45) is 0 Å². The summed E-state index contributed by atoms with van der Waals surface area (Å²) < 4.78 is 0. The zero-order valence-electron chi connectivity index (χ0n) is 12.4. The standard InChI is InChI=1S/C17H16N2O3/c1-12-9-13(2)11-15(10-12)18-17(20)8-7-14-5-3-4-6-16(14)19(21)22/h3-11H,1-2H3,(H,18,20)/b8-7+. The molecule has 0 radical (unpaired) electrons. The van der Waals surface area contributed by atoms with Crippen LogP contribution in [0.2, 0.25) is 0 Å². The molecule has 2 rings (SSSR count). The van der Waals surface area contributed by atoms with Crippen LogP contribution in [0, 0.1) is 24.0 Å². The number of nitro benzene ring substituents is 1. The molecule has 0 spiro atoms. The Labute approximate surface area is 128 Å². The van der Waals surface area contributed by atoms with E-state index in [2.05, 4.69) is 5.32 Å². The van der Waals surface area contributed by atoms with E-state index >= 15 is 0 Å². The fourth-order valence-corrected chi connectivity index (χ4v) is 2.19. The van der Waals surface area contributed by atoms with Crippen LogP contribution >= 0.6 is 0 Å². The third kappa shape index (κ3) is 4.02. The van der Waals surface area contributed by atoms with E-state index in [0.717, 1.165) is 11.1 Å². The Morgan fingerprint density at radius 2 is 1.77 bits per heavy atom. The maximum Gasteiger partial charge on any atom is 0.276 e. The maximum absolute atomic E-state index is 11.9. The summed E-state index contributed by atoms with van der Waals surface area (Å²) in [6, 6.07) is 12.0. The number of carbonyl (C=O) groups excluding carboxylic acids is 1. The van der Waals surface area contributed by atoms with E-state index in [-0.39, 0.29) is 11.6 Å². The molecule has 112 valence electrons. The van der Waals surface area contributed by atoms with Gasteiger partial charge in [0.1, 0.15) is 0 Å². The molecule has 5 heteroatoms. The van der Waals surface area contributed by atoms with E-state index in [4.69, 9.17) is 0 Å². The molecule has 0 aromatic heterocycles. The minimum absolute atomic E-state index is 0.0297. The summed E-state index contributed by atoms with van der Waals surface area (Å²) in [5, 5.41) is 13.7. The monoisotopic (exact) mass is 296 g/mol. The number of rotatable bonds is 4. The van der Waals surface area contributed by atoms with Crippen LogP contribution in [-0.2, 0) is 4.79 Å². The van der Waals surface area contributed by atoms with Gasteiger partial charge in [-0.1, -0.05) is 18.2 Å². The average molecular weight is 296 g/mol. The molecule has 1 N–H and O–H groups in total. The van der Waals surface area contributed by atoms with Crippen molar-refractivity contribution < 1.29 is 9.72 Å². The molecule has 0 aliphatic carbocycles. The van der Waals surface area contributed by atoms with E-state index in [9.17, 15) is 14.9 Å². The molecule has 5 nitrogen and oxygen atoms in total. The summed E-state index contributed by atoms with van der Waals surface area (Å²) in [6.07, 6.45) is 2.73. The van der Waals surface area contributed by atoms with Crippen LogP contribution in [-0.4, -0.2) is 10.8 Å². The molecular weight excluding hydrogens is 280 g/mol. The number of nitrogens with zero attached hydrogens (tertiary/aromatic N) is 1. The van der Waals surface area contributed by atoms with Crippen LogP contribution < -0.4 is 5.32 Å². The van der Waals surface area contributed by atoms with Gasteiger partial charge >= 0.3 is 0 Å². The van der Waals surface area contributed by atoms with E-state index in [1.54, 1.807) is 18.2 Å². The van der Waals surface area contributed by atoms with Gasteiger partial charge in [0.2, 0.25) is 5.91 Å². The third-order valence-corrected chi connectivity index (χ3v) is 3.04. The first kappa shape index (κ1) is 15.4. The average Bonchev–Trinajstić information content (AvgIpc) is 2.44. The van der Waals surface area contributed by atoms with Gasteiger partial charge in [-0.25, -0.2) is 0 Å². The predicted octanol–water partition coefficient (Wildman–Crippen LogP) is 3.86. The van der Waals surface area contributed by atoms with Crippen molar-refractivity contribution in [2.75, 3.05) is 5.32 Å². The quantitative estimate of drug-likeness (QED) is 0.529. The second-order valence-corrected chi connectivity index (χ2v) is 5.01. The van der Waals surface area contributed by atoms with Gasteiger partial charge in [0.05, 0.1) is 10.5 Å². The summed E-state index contributed by atoms with van der Waals surface area (Å²) in [5.41, 5.74) is 3.17. The molecule has 0 aliphatic heterocycles. The SMILES string of the molecule is Cc1cc(C)cc(NC(=O)/C=C/c2ccccc2[N+](=O)[O-])c1. The highest BCUT2D eigenvalue weighted by Gasteiger charge is 2.09. The second kappa shape index (κ2) is 6.67. The van der Waals surface area contributed by atoms with Gasteiger partial charge in [0.25, 0.3) is 5.69 Å². The number of para-hydroxylation sites is 1. The smallest absolute Gasteiger partial charge is 0.276 e. The molecule has 0 fully saturated rings. The molecule has 2 aromatic carbocycles. The van der Waals surface area contributed by atoms with Gasteiger partial charge in [0, 0.05) is 17.8 Å². The number of amides is 1. The normalized spacial score (nSPS) is 10.6. The Morgan fingerprint density at radius 3 is 2.41 bits per heavy atom. The number of hydrogen-bond donors (Lipinski definition) is 1. The summed E-state index contributed by atoms with van der Waals surface area (Å²) in [6.45, 7) is 3.90. The summed E-state index contributed by atoms with van der Waals surface area (Å²) in [5.74, 6) is -0.330. The Balaban J connectivity index is 2.13. The van der Waals surface area contributed by atoms with Crippen LogP contribution in [0.25, 0.3) is 6.08 Å². The molecule has 22 heavy (non-hydrogen) atoms. The van der Waals surface area contributed by atoms with E-state index < -0.39 is 4.92 Å². The molecule has 0 aliphatic rings. The summed E-state index contributed by atoms with van der Waals surface area (Å²) in [7, 11) is 0. The highest BCUT2D eigenvalue weighted by molar-refractivity contribution is 6.02. The van der Waals surface area contributed by atoms with Crippen molar-refractivity contribution in [1.29, 1.82) is 0 Å². The summed E-state index contributed by atoms with van der Waals surface area (Å²) >= 11 is 0. The fraction of sp³-hybridized carbons (Fsp3) is 0.118. The lowest BCUT2D eigenvalue weighted by Gasteiger charge is -2.05.